The zero-order chi connectivity index (χ0) is 21.8. The SMILES string of the molecule is COc1ccc(/C=C2/NC(=S)N(CC(C)C)C2=O)cc1COCC(F)(F)C(F)F. The van der Waals surface area contributed by atoms with Gasteiger partial charge in [-0.3, -0.25) is 9.69 Å². The first-order valence-corrected chi connectivity index (χ1v) is 9.21. The van der Waals surface area contributed by atoms with E-state index in [1.165, 1.54) is 12.0 Å². The number of benzene rings is 1. The van der Waals surface area contributed by atoms with Crippen molar-refractivity contribution in [2.24, 2.45) is 5.92 Å². The molecule has 1 heterocycles. The molecule has 0 atom stereocenters. The Hall–Kier alpha value is -2.20. The molecule has 0 radical (unpaired) electrons. The van der Waals surface area contributed by atoms with Crippen LogP contribution in [-0.4, -0.2) is 48.5 Å². The van der Waals surface area contributed by atoms with Crippen LogP contribution in [0.5, 0.6) is 5.75 Å². The van der Waals surface area contributed by atoms with Gasteiger partial charge in [0.1, 0.15) is 18.1 Å². The lowest BCUT2D eigenvalue weighted by molar-refractivity contribution is -0.168. The van der Waals surface area contributed by atoms with E-state index >= 15 is 0 Å². The number of nitrogens with one attached hydrogen (secondary N) is 1. The lowest BCUT2D eigenvalue weighted by Gasteiger charge is -2.16. The Kier molecular flexibility index (Phi) is 7.59. The van der Waals surface area contributed by atoms with E-state index in [1.807, 2.05) is 13.8 Å². The molecule has 5 nitrogen and oxygen atoms in total. The average Bonchev–Trinajstić information content (AvgIpc) is 2.89. The van der Waals surface area contributed by atoms with Crippen LogP contribution in [0.2, 0.25) is 0 Å². The van der Waals surface area contributed by atoms with Crippen LogP contribution < -0.4 is 10.1 Å². The molecule has 1 aromatic carbocycles. The summed E-state index contributed by atoms with van der Waals surface area (Å²) in [4.78, 5) is 14.0. The predicted octanol–water partition coefficient (Wildman–Crippen LogP) is 3.83. The van der Waals surface area contributed by atoms with Crippen LogP contribution in [0.1, 0.15) is 25.0 Å². The van der Waals surface area contributed by atoms with E-state index in [-0.39, 0.29) is 24.1 Å². The van der Waals surface area contributed by atoms with Crippen molar-refractivity contribution in [3.05, 3.63) is 35.0 Å². The Bertz CT molecular complexity index is 800. The molecule has 1 N–H and O–H groups in total. The lowest BCUT2D eigenvalue weighted by Crippen LogP contribution is -2.33. The zero-order valence-corrected chi connectivity index (χ0v) is 17.0. The third-order valence-corrected chi connectivity index (χ3v) is 4.32. The van der Waals surface area contributed by atoms with Gasteiger partial charge >= 0.3 is 12.3 Å². The standard InChI is InChI=1S/C19H22F4N2O3S/c1-11(2)8-25-16(26)14(24-18(25)29)7-12-4-5-15(27-3)13(6-12)9-28-10-19(22,23)17(20)21/h4-7,11,17H,8-10H2,1-3H3,(H,24,29)/b14-7+. The number of carbonyl (C=O) groups is 1. The number of thiocarbonyl (C=S) groups is 1. The summed E-state index contributed by atoms with van der Waals surface area (Å²) in [5.74, 6) is -3.93. The van der Waals surface area contributed by atoms with E-state index in [9.17, 15) is 22.4 Å². The summed E-state index contributed by atoms with van der Waals surface area (Å²) >= 11 is 5.19. The van der Waals surface area contributed by atoms with Crippen molar-refractivity contribution in [1.29, 1.82) is 0 Å². The largest absolute Gasteiger partial charge is 0.496 e. The number of alkyl halides is 4. The smallest absolute Gasteiger partial charge is 0.330 e. The van der Waals surface area contributed by atoms with Crippen molar-refractivity contribution in [3.8, 4) is 5.75 Å². The monoisotopic (exact) mass is 434 g/mol. The lowest BCUT2D eigenvalue weighted by atomic mass is 10.1. The number of nitrogens with zero attached hydrogens (tertiary/aromatic N) is 1. The van der Waals surface area contributed by atoms with Crippen LogP contribution in [0.4, 0.5) is 17.6 Å². The maximum atomic E-state index is 13.0. The van der Waals surface area contributed by atoms with Crippen molar-refractivity contribution in [3.63, 3.8) is 0 Å². The number of hydrogen-bond acceptors (Lipinski definition) is 4. The zero-order valence-electron chi connectivity index (χ0n) is 16.2. The Labute approximate surface area is 171 Å². The molecule has 0 aromatic heterocycles. The second kappa shape index (κ2) is 9.53. The van der Waals surface area contributed by atoms with E-state index in [2.05, 4.69) is 5.32 Å². The number of methoxy groups -OCH3 is 1. The Morgan fingerprint density at radius 1 is 1.31 bits per heavy atom. The molecule has 10 heteroatoms. The molecular formula is C19H22F4N2O3S. The third-order valence-electron chi connectivity index (χ3n) is 4.00. The van der Waals surface area contributed by atoms with Crippen molar-refractivity contribution >= 4 is 29.3 Å². The molecule has 29 heavy (non-hydrogen) atoms. The number of ether oxygens (including phenoxy) is 2. The van der Waals surface area contributed by atoms with Gasteiger partial charge in [0, 0.05) is 12.1 Å². The number of halogens is 4. The van der Waals surface area contributed by atoms with Crippen molar-refractivity contribution < 1.29 is 31.8 Å². The molecule has 0 unspecified atom stereocenters. The molecule has 1 saturated heterocycles. The summed E-state index contributed by atoms with van der Waals surface area (Å²) in [6, 6.07) is 4.79. The van der Waals surface area contributed by atoms with Gasteiger partial charge < -0.3 is 14.8 Å². The van der Waals surface area contributed by atoms with Gasteiger partial charge in [-0.05, 0) is 41.9 Å². The second-order valence-corrected chi connectivity index (χ2v) is 7.31. The van der Waals surface area contributed by atoms with Crippen LogP contribution in [0, 0.1) is 5.92 Å². The fourth-order valence-electron chi connectivity index (χ4n) is 2.63. The fraction of sp³-hybridized carbons (Fsp3) is 0.474. The van der Waals surface area contributed by atoms with Crippen molar-refractivity contribution in [1.82, 2.24) is 10.2 Å². The van der Waals surface area contributed by atoms with Crippen LogP contribution in [0.3, 0.4) is 0 Å². The van der Waals surface area contributed by atoms with Gasteiger partial charge in [0.05, 0.1) is 13.7 Å². The Morgan fingerprint density at radius 3 is 2.59 bits per heavy atom. The summed E-state index contributed by atoms with van der Waals surface area (Å²) in [5.41, 5.74) is 1.21. The Morgan fingerprint density at radius 2 is 2.00 bits per heavy atom. The Balaban J connectivity index is 2.17. The van der Waals surface area contributed by atoms with E-state index in [1.54, 1.807) is 24.3 Å². The van der Waals surface area contributed by atoms with Crippen LogP contribution >= 0.6 is 12.2 Å². The molecule has 1 aliphatic rings. The molecule has 1 aliphatic heterocycles. The van der Waals surface area contributed by atoms with Gasteiger partial charge in [0.25, 0.3) is 5.91 Å². The van der Waals surface area contributed by atoms with Gasteiger partial charge in [-0.2, -0.15) is 8.78 Å². The maximum absolute atomic E-state index is 13.0. The number of rotatable bonds is 9. The normalized spacial score (nSPS) is 16.3. The van der Waals surface area contributed by atoms with E-state index in [0.717, 1.165) is 0 Å². The molecule has 1 aromatic rings. The second-order valence-electron chi connectivity index (χ2n) is 6.92. The van der Waals surface area contributed by atoms with Gasteiger partial charge in [-0.1, -0.05) is 19.9 Å². The molecule has 1 amide bonds. The fourth-order valence-corrected chi connectivity index (χ4v) is 2.90. The quantitative estimate of drug-likeness (QED) is 0.364. The van der Waals surface area contributed by atoms with Gasteiger partial charge in [0.15, 0.2) is 5.11 Å². The molecule has 160 valence electrons. The molecule has 0 aliphatic carbocycles. The van der Waals surface area contributed by atoms with Gasteiger partial charge in [0.2, 0.25) is 0 Å². The number of hydrogen-bond donors (Lipinski definition) is 1. The first-order valence-electron chi connectivity index (χ1n) is 8.80. The first-order chi connectivity index (χ1) is 13.5. The summed E-state index contributed by atoms with van der Waals surface area (Å²) in [6.07, 6.45) is -2.25. The van der Waals surface area contributed by atoms with Gasteiger partial charge in [-0.15, -0.1) is 0 Å². The summed E-state index contributed by atoms with van der Waals surface area (Å²) in [6.45, 7) is 2.62. The summed E-state index contributed by atoms with van der Waals surface area (Å²) in [5, 5.41) is 3.16. The minimum absolute atomic E-state index is 0.231. The topological polar surface area (TPSA) is 50.8 Å². The van der Waals surface area contributed by atoms with Crippen LogP contribution in [0.15, 0.2) is 23.9 Å². The number of amides is 1. The van der Waals surface area contributed by atoms with Crippen molar-refractivity contribution in [2.75, 3.05) is 20.3 Å². The van der Waals surface area contributed by atoms with Crippen LogP contribution in [0.25, 0.3) is 6.08 Å². The molecule has 0 spiro atoms. The number of carbonyl (C=O) groups excluding carboxylic acids is 1. The molecule has 0 saturated carbocycles. The molecule has 2 rings (SSSR count). The van der Waals surface area contributed by atoms with E-state index < -0.39 is 19.0 Å². The highest BCUT2D eigenvalue weighted by Gasteiger charge is 2.41. The van der Waals surface area contributed by atoms with E-state index in [4.69, 9.17) is 21.7 Å². The maximum Gasteiger partial charge on any atom is 0.330 e. The highest BCUT2D eigenvalue weighted by Crippen LogP contribution is 2.26. The molecule has 0 bridgehead atoms. The van der Waals surface area contributed by atoms with Crippen LogP contribution in [-0.2, 0) is 16.1 Å². The van der Waals surface area contributed by atoms with E-state index in [0.29, 0.717) is 28.5 Å². The van der Waals surface area contributed by atoms with Gasteiger partial charge in [-0.25, -0.2) is 8.78 Å². The third kappa shape index (κ3) is 5.89. The minimum Gasteiger partial charge on any atom is -0.496 e. The molecular weight excluding hydrogens is 412 g/mol. The summed E-state index contributed by atoms with van der Waals surface area (Å²) < 4.78 is 60.4. The highest BCUT2D eigenvalue weighted by molar-refractivity contribution is 7.80. The predicted molar refractivity (Wildman–Crippen MR) is 104 cm³/mol. The first kappa shape index (κ1) is 23.1. The molecule has 1 fully saturated rings. The van der Waals surface area contributed by atoms with Crippen molar-refractivity contribution in [2.45, 2.75) is 32.8 Å². The minimum atomic E-state index is -4.23. The summed E-state index contributed by atoms with van der Waals surface area (Å²) in [7, 11) is 1.38. The highest BCUT2D eigenvalue weighted by atomic mass is 32.1. The average molecular weight is 434 g/mol.